The van der Waals surface area contributed by atoms with E-state index in [1.807, 2.05) is 30.1 Å². The van der Waals surface area contributed by atoms with E-state index in [1.165, 1.54) is 0 Å². The molecule has 1 N–H and O–H groups in total. The summed E-state index contributed by atoms with van der Waals surface area (Å²) in [5, 5.41) is 7.53. The predicted molar refractivity (Wildman–Crippen MR) is 79.6 cm³/mol. The van der Waals surface area contributed by atoms with Gasteiger partial charge in [0, 0.05) is 24.5 Å². The number of aryl methyl sites for hydroxylation is 1. The van der Waals surface area contributed by atoms with Crippen molar-refractivity contribution < 1.29 is 0 Å². The summed E-state index contributed by atoms with van der Waals surface area (Å²) < 4.78 is 2.96. The van der Waals surface area contributed by atoms with Gasteiger partial charge in [-0.25, -0.2) is 9.97 Å². The fraction of sp³-hybridized carbons (Fsp3) is 0.417. The molecule has 96 valence electrons. The first kappa shape index (κ1) is 13.3. The molecular weight excluding hydrogens is 341 g/mol. The van der Waals surface area contributed by atoms with Gasteiger partial charge >= 0.3 is 0 Å². The first-order chi connectivity index (χ1) is 8.67. The average Bonchev–Trinajstić information content (AvgIpc) is 2.71. The van der Waals surface area contributed by atoms with Crippen molar-refractivity contribution in [2.45, 2.75) is 26.8 Å². The van der Waals surface area contributed by atoms with Crippen LogP contribution in [0.2, 0.25) is 0 Å². The van der Waals surface area contributed by atoms with E-state index in [2.05, 4.69) is 49.9 Å². The van der Waals surface area contributed by atoms with Gasteiger partial charge in [-0.3, -0.25) is 4.68 Å². The zero-order valence-electron chi connectivity index (χ0n) is 10.5. The number of rotatable bonds is 5. The van der Waals surface area contributed by atoms with Gasteiger partial charge in [0.25, 0.3) is 0 Å². The molecule has 0 bridgehead atoms. The van der Waals surface area contributed by atoms with E-state index >= 15 is 0 Å². The maximum Gasteiger partial charge on any atom is 0.152 e. The van der Waals surface area contributed by atoms with E-state index in [4.69, 9.17) is 0 Å². The summed E-state index contributed by atoms with van der Waals surface area (Å²) >= 11 is 2.24. The second-order valence-corrected chi connectivity index (χ2v) is 5.34. The van der Waals surface area contributed by atoms with E-state index in [-0.39, 0.29) is 0 Å². The Morgan fingerprint density at radius 1 is 1.39 bits per heavy atom. The fourth-order valence-corrected chi connectivity index (χ4v) is 2.06. The molecule has 5 nitrogen and oxygen atoms in total. The van der Waals surface area contributed by atoms with E-state index in [1.54, 1.807) is 0 Å². The number of nitrogens with zero attached hydrogens (tertiary/aromatic N) is 4. The molecule has 2 rings (SSSR count). The summed E-state index contributed by atoms with van der Waals surface area (Å²) in [4.78, 5) is 8.92. The van der Waals surface area contributed by atoms with Crippen LogP contribution in [0.15, 0.2) is 18.5 Å². The van der Waals surface area contributed by atoms with Gasteiger partial charge in [0.15, 0.2) is 5.82 Å². The Kier molecular flexibility index (Phi) is 4.51. The first-order valence-electron chi connectivity index (χ1n) is 5.93. The Balaban J connectivity index is 2.14. The lowest BCUT2D eigenvalue weighted by Crippen LogP contribution is -2.09. The van der Waals surface area contributed by atoms with Crippen LogP contribution in [0.3, 0.4) is 0 Å². The molecule has 0 aliphatic carbocycles. The summed E-state index contributed by atoms with van der Waals surface area (Å²) in [7, 11) is 0. The van der Waals surface area contributed by atoms with Crippen LogP contribution in [0.25, 0.3) is 0 Å². The molecule has 0 aliphatic rings. The highest BCUT2D eigenvalue weighted by atomic mass is 127. The largest absolute Gasteiger partial charge is 0.370 e. The number of hydrogen-bond acceptors (Lipinski definition) is 4. The molecule has 18 heavy (non-hydrogen) atoms. The number of anilines is 1. The van der Waals surface area contributed by atoms with Crippen LogP contribution in [-0.4, -0.2) is 26.3 Å². The van der Waals surface area contributed by atoms with E-state index in [9.17, 15) is 0 Å². The Hall–Kier alpha value is -1.18. The molecule has 2 heterocycles. The molecule has 0 amide bonds. The van der Waals surface area contributed by atoms with Gasteiger partial charge in [0.2, 0.25) is 0 Å². The van der Waals surface area contributed by atoms with Crippen LogP contribution >= 0.6 is 22.6 Å². The van der Waals surface area contributed by atoms with Crippen LogP contribution < -0.4 is 5.32 Å². The SMILES string of the molecule is CCCNc1cc(C)nc(Cn2cc(I)cn2)n1. The van der Waals surface area contributed by atoms with E-state index in [0.717, 1.165) is 33.9 Å². The molecule has 0 fully saturated rings. The number of hydrogen-bond donors (Lipinski definition) is 1. The van der Waals surface area contributed by atoms with Gasteiger partial charge in [-0.05, 0) is 35.9 Å². The van der Waals surface area contributed by atoms with Crippen molar-refractivity contribution in [2.75, 3.05) is 11.9 Å². The first-order valence-corrected chi connectivity index (χ1v) is 7.01. The van der Waals surface area contributed by atoms with Gasteiger partial charge in [0.05, 0.1) is 9.77 Å². The molecule has 0 atom stereocenters. The maximum atomic E-state index is 4.49. The Morgan fingerprint density at radius 3 is 2.89 bits per heavy atom. The molecule has 0 saturated carbocycles. The Bertz CT molecular complexity index is 523. The quantitative estimate of drug-likeness (QED) is 0.836. The zero-order chi connectivity index (χ0) is 13.0. The molecule has 0 saturated heterocycles. The number of nitrogens with one attached hydrogen (secondary N) is 1. The van der Waals surface area contributed by atoms with Crippen LogP contribution in [-0.2, 0) is 6.54 Å². The smallest absolute Gasteiger partial charge is 0.152 e. The maximum absolute atomic E-state index is 4.49. The van der Waals surface area contributed by atoms with Crippen LogP contribution in [0.4, 0.5) is 5.82 Å². The Labute approximate surface area is 120 Å². The third-order valence-corrected chi connectivity index (χ3v) is 2.92. The van der Waals surface area contributed by atoms with Gasteiger partial charge < -0.3 is 5.32 Å². The molecule has 2 aromatic rings. The second kappa shape index (κ2) is 6.12. The van der Waals surface area contributed by atoms with Crippen molar-refractivity contribution in [1.82, 2.24) is 19.7 Å². The molecule has 0 radical (unpaired) electrons. The summed E-state index contributed by atoms with van der Waals surface area (Å²) in [6, 6.07) is 1.96. The fourth-order valence-electron chi connectivity index (χ4n) is 1.61. The lowest BCUT2D eigenvalue weighted by Gasteiger charge is -2.07. The minimum Gasteiger partial charge on any atom is -0.370 e. The lowest BCUT2D eigenvalue weighted by molar-refractivity contribution is 0.653. The highest BCUT2D eigenvalue weighted by molar-refractivity contribution is 14.1. The summed E-state index contributed by atoms with van der Waals surface area (Å²) in [5.41, 5.74) is 0.973. The van der Waals surface area contributed by atoms with Crippen LogP contribution in [0, 0.1) is 10.5 Å². The van der Waals surface area contributed by atoms with Gasteiger partial charge in [0.1, 0.15) is 12.4 Å². The second-order valence-electron chi connectivity index (χ2n) is 4.09. The summed E-state index contributed by atoms with van der Waals surface area (Å²) in [6.07, 6.45) is 4.88. The third kappa shape index (κ3) is 3.66. The Morgan fingerprint density at radius 2 is 2.22 bits per heavy atom. The van der Waals surface area contributed by atoms with Crippen molar-refractivity contribution >= 4 is 28.4 Å². The third-order valence-electron chi connectivity index (χ3n) is 2.36. The van der Waals surface area contributed by atoms with Crippen molar-refractivity contribution in [3.8, 4) is 0 Å². The summed E-state index contributed by atoms with van der Waals surface area (Å²) in [5.74, 6) is 1.68. The molecule has 0 spiro atoms. The van der Waals surface area contributed by atoms with Crippen LogP contribution in [0.1, 0.15) is 24.9 Å². The van der Waals surface area contributed by atoms with E-state index < -0.39 is 0 Å². The van der Waals surface area contributed by atoms with Crippen molar-refractivity contribution in [1.29, 1.82) is 0 Å². The zero-order valence-corrected chi connectivity index (χ0v) is 12.7. The average molecular weight is 357 g/mol. The van der Waals surface area contributed by atoms with Crippen molar-refractivity contribution in [3.63, 3.8) is 0 Å². The molecule has 0 aromatic carbocycles. The monoisotopic (exact) mass is 357 g/mol. The van der Waals surface area contributed by atoms with Gasteiger partial charge in [-0.15, -0.1) is 0 Å². The molecule has 2 aromatic heterocycles. The van der Waals surface area contributed by atoms with Gasteiger partial charge in [-0.2, -0.15) is 5.10 Å². The van der Waals surface area contributed by atoms with Gasteiger partial charge in [-0.1, -0.05) is 6.92 Å². The normalized spacial score (nSPS) is 10.6. The summed E-state index contributed by atoms with van der Waals surface area (Å²) in [6.45, 7) is 5.64. The molecule has 0 unspecified atom stereocenters. The number of halogens is 1. The molecule has 0 aliphatic heterocycles. The minimum absolute atomic E-state index is 0.603. The van der Waals surface area contributed by atoms with Crippen LogP contribution in [0.5, 0.6) is 0 Å². The van der Waals surface area contributed by atoms with Crippen molar-refractivity contribution in [2.24, 2.45) is 0 Å². The lowest BCUT2D eigenvalue weighted by atomic mass is 10.4. The standard InChI is InChI=1S/C12H16IN5/c1-3-4-14-11-5-9(2)16-12(17-11)8-18-7-10(13)6-15-18/h5-7H,3-4,8H2,1-2H3,(H,14,16,17). The topological polar surface area (TPSA) is 55.6 Å². The highest BCUT2D eigenvalue weighted by Gasteiger charge is 2.04. The molecule has 6 heteroatoms. The number of aromatic nitrogens is 4. The highest BCUT2D eigenvalue weighted by Crippen LogP contribution is 2.08. The van der Waals surface area contributed by atoms with E-state index in [0.29, 0.717) is 6.54 Å². The molecular formula is C12H16IN5. The van der Waals surface area contributed by atoms with Crippen molar-refractivity contribution in [3.05, 3.63) is 33.5 Å². The predicted octanol–water partition coefficient (Wildman–Crippen LogP) is 2.46. The minimum atomic E-state index is 0.603.